The fourth-order valence-corrected chi connectivity index (χ4v) is 5.42. The SMILES string of the molecule is CC1(C)CC(N2C[C@@H]3CCCN[C@@H]3C2)CC(C)(C)C1. The second-order valence-electron chi connectivity index (χ2n) is 8.98. The number of nitrogens with one attached hydrogen (secondary N) is 1. The van der Waals surface area contributed by atoms with Gasteiger partial charge in [0.25, 0.3) is 0 Å². The first kappa shape index (κ1) is 13.9. The highest BCUT2D eigenvalue weighted by Crippen LogP contribution is 2.48. The van der Waals surface area contributed by atoms with E-state index in [4.69, 9.17) is 0 Å². The van der Waals surface area contributed by atoms with Crippen LogP contribution in [-0.2, 0) is 0 Å². The third-order valence-corrected chi connectivity index (χ3v) is 5.68. The quantitative estimate of drug-likeness (QED) is 0.782. The molecule has 2 heteroatoms. The first-order valence-corrected chi connectivity index (χ1v) is 8.32. The average molecular weight is 264 g/mol. The normalized spacial score (nSPS) is 39.2. The molecule has 0 radical (unpaired) electrons. The molecular formula is C17H32N2. The van der Waals surface area contributed by atoms with Gasteiger partial charge >= 0.3 is 0 Å². The first-order valence-electron chi connectivity index (χ1n) is 8.32. The molecule has 2 saturated heterocycles. The van der Waals surface area contributed by atoms with Gasteiger partial charge in [0.1, 0.15) is 0 Å². The minimum absolute atomic E-state index is 0.521. The number of nitrogens with zero attached hydrogens (tertiary/aromatic N) is 1. The number of fused-ring (bicyclic) bond motifs is 1. The summed E-state index contributed by atoms with van der Waals surface area (Å²) in [5, 5.41) is 3.75. The van der Waals surface area contributed by atoms with E-state index in [9.17, 15) is 0 Å². The van der Waals surface area contributed by atoms with Crippen LogP contribution >= 0.6 is 0 Å². The van der Waals surface area contributed by atoms with Crippen LogP contribution in [0.4, 0.5) is 0 Å². The van der Waals surface area contributed by atoms with Gasteiger partial charge in [0.05, 0.1) is 0 Å². The Labute approximate surface area is 119 Å². The van der Waals surface area contributed by atoms with Crippen molar-refractivity contribution in [2.45, 2.75) is 71.9 Å². The lowest BCUT2D eigenvalue weighted by Gasteiger charge is -2.48. The maximum atomic E-state index is 3.75. The lowest BCUT2D eigenvalue weighted by atomic mass is 9.63. The monoisotopic (exact) mass is 264 g/mol. The molecule has 0 spiro atoms. The molecule has 0 unspecified atom stereocenters. The van der Waals surface area contributed by atoms with E-state index in [1.165, 1.54) is 51.7 Å². The molecule has 1 saturated carbocycles. The van der Waals surface area contributed by atoms with Crippen molar-refractivity contribution in [3.63, 3.8) is 0 Å². The molecule has 0 amide bonds. The van der Waals surface area contributed by atoms with E-state index in [0.717, 1.165) is 18.0 Å². The van der Waals surface area contributed by atoms with Crippen molar-refractivity contribution in [1.82, 2.24) is 10.2 Å². The van der Waals surface area contributed by atoms with Crippen molar-refractivity contribution >= 4 is 0 Å². The zero-order valence-electron chi connectivity index (χ0n) is 13.3. The minimum atomic E-state index is 0.521. The van der Waals surface area contributed by atoms with Crippen LogP contribution in [0.1, 0.15) is 59.8 Å². The summed E-state index contributed by atoms with van der Waals surface area (Å²) in [7, 11) is 0. The van der Waals surface area contributed by atoms with Gasteiger partial charge in [-0.25, -0.2) is 0 Å². The molecule has 1 aliphatic carbocycles. The van der Waals surface area contributed by atoms with Crippen LogP contribution in [0.25, 0.3) is 0 Å². The molecule has 2 nitrogen and oxygen atoms in total. The summed E-state index contributed by atoms with van der Waals surface area (Å²) in [4.78, 5) is 2.83. The standard InChI is InChI=1S/C17H32N2/c1-16(2)8-14(9-17(3,4)12-16)19-10-13-6-5-7-18-15(13)11-19/h13-15,18H,5-12H2,1-4H3/t13-,15+/m0/s1. The van der Waals surface area contributed by atoms with E-state index in [0.29, 0.717) is 10.8 Å². The van der Waals surface area contributed by atoms with Gasteiger partial charge in [0.15, 0.2) is 0 Å². The highest BCUT2D eigenvalue weighted by Gasteiger charge is 2.44. The summed E-state index contributed by atoms with van der Waals surface area (Å²) in [6.45, 7) is 13.8. The van der Waals surface area contributed by atoms with Crippen molar-refractivity contribution in [2.75, 3.05) is 19.6 Å². The maximum absolute atomic E-state index is 3.75. The fraction of sp³-hybridized carbons (Fsp3) is 1.00. The molecule has 2 heterocycles. The van der Waals surface area contributed by atoms with E-state index < -0.39 is 0 Å². The lowest BCUT2D eigenvalue weighted by molar-refractivity contribution is 0.0326. The molecular weight excluding hydrogens is 232 g/mol. The summed E-state index contributed by atoms with van der Waals surface area (Å²) in [6, 6.07) is 1.62. The van der Waals surface area contributed by atoms with Gasteiger partial charge in [-0.05, 0) is 55.4 Å². The summed E-state index contributed by atoms with van der Waals surface area (Å²) in [6.07, 6.45) is 7.02. The van der Waals surface area contributed by atoms with Gasteiger partial charge < -0.3 is 5.32 Å². The Bertz CT molecular complexity index is 304. The molecule has 110 valence electrons. The van der Waals surface area contributed by atoms with E-state index in [-0.39, 0.29) is 0 Å². The Morgan fingerprint density at radius 1 is 1.00 bits per heavy atom. The fourth-order valence-electron chi connectivity index (χ4n) is 5.42. The van der Waals surface area contributed by atoms with Crippen molar-refractivity contribution in [2.24, 2.45) is 16.7 Å². The largest absolute Gasteiger partial charge is 0.312 e. The Morgan fingerprint density at radius 2 is 1.68 bits per heavy atom. The number of hydrogen-bond acceptors (Lipinski definition) is 2. The maximum Gasteiger partial charge on any atom is 0.0235 e. The molecule has 3 fully saturated rings. The van der Waals surface area contributed by atoms with Gasteiger partial charge in [0, 0.05) is 25.2 Å². The summed E-state index contributed by atoms with van der Waals surface area (Å²) in [5.41, 5.74) is 1.04. The molecule has 1 N–H and O–H groups in total. The number of piperidine rings is 1. The van der Waals surface area contributed by atoms with Crippen LogP contribution in [-0.4, -0.2) is 36.6 Å². The topological polar surface area (TPSA) is 15.3 Å². The van der Waals surface area contributed by atoms with Crippen LogP contribution in [0.3, 0.4) is 0 Å². The molecule has 19 heavy (non-hydrogen) atoms. The highest BCUT2D eigenvalue weighted by atomic mass is 15.2. The smallest absolute Gasteiger partial charge is 0.0235 e. The third-order valence-electron chi connectivity index (χ3n) is 5.68. The molecule has 0 aromatic carbocycles. The van der Waals surface area contributed by atoms with E-state index in [1.54, 1.807) is 0 Å². The average Bonchev–Trinajstić information content (AvgIpc) is 2.68. The van der Waals surface area contributed by atoms with Gasteiger partial charge in [-0.1, -0.05) is 27.7 Å². The molecule has 3 aliphatic rings. The molecule has 0 bridgehead atoms. The van der Waals surface area contributed by atoms with E-state index >= 15 is 0 Å². The Morgan fingerprint density at radius 3 is 2.32 bits per heavy atom. The molecule has 2 atom stereocenters. The third kappa shape index (κ3) is 3.00. The first-order chi connectivity index (χ1) is 8.85. The van der Waals surface area contributed by atoms with Crippen LogP contribution in [0.15, 0.2) is 0 Å². The Balaban J connectivity index is 1.68. The second kappa shape index (κ2) is 4.73. The number of likely N-dealkylation sites (tertiary alicyclic amines) is 1. The van der Waals surface area contributed by atoms with Gasteiger partial charge in [-0.15, -0.1) is 0 Å². The van der Waals surface area contributed by atoms with Crippen LogP contribution in [0, 0.1) is 16.7 Å². The lowest BCUT2D eigenvalue weighted by Crippen LogP contribution is -2.46. The second-order valence-corrected chi connectivity index (χ2v) is 8.98. The van der Waals surface area contributed by atoms with Gasteiger partial charge in [0.2, 0.25) is 0 Å². The van der Waals surface area contributed by atoms with Crippen LogP contribution in [0.5, 0.6) is 0 Å². The van der Waals surface area contributed by atoms with Crippen LogP contribution < -0.4 is 5.32 Å². The van der Waals surface area contributed by atoms with Crippen molar-refractivity contribution < 1.29 is 0 Å². The van der Waals surface area contributed by atoms with Crippen LogP contribution in [0.2, 0.25) is 0 Å². The summed E-state index contributed by atoms with van der Waals surface area (Å²) < 4.78 is 0. The Kier molecular flexibility index (Phi) is 3.46. The van der Waals surface area contributed by atoms with Gasteiger partial charge in [-0.3, -0.25) is 4.90 Å². The Hall–Kier alpha value is -0.0800. The van der Waals surface area contributed by atoms with E-state index in [2.05, 4.69) is 37.9 Å². The summed E-state index contributed by atoms with van der Waals surface area (Å²) in [5.74, 6) is 0.932. The minimum Gasteiger partial charge on any atom is -0.312 e. The molecule has 0 aromatic rings. The number of rotatable bonds is 1. The van der Waals surface area contributed by atoms with Gasteiger partial charge in [-0.2, -0.15) is 0 Å². The highest BCUT2D eigenvalue weighted by molar-refractivity contribution is 4.99. The predicted octanol–water partition coefficient (Wildman–Crippen LogP) is 3.28. The zero-order chi connectivity index (χ0) is 13.7. The molecule has 3 rings (SSSR count). The van der Waals surface area contributed by atoms with Crippen molar-refractivity contribution in [3.8, 4) is 0 Å². The van der Waals surface area contributed by atoms with E-state index in [1.807, 2.05) is 0 Å². The predicted molar refractivity (Wildman–Crippen MR) is 81.3 cm³/mol. The van der Waals surface area contributed by atoms with Crippen molar-refractivity contribution in [1.29, 1.82) is 0 Å². The molecule has 0 aromatic heterocycles. The summed E-state index contributed by atoms with van der Waals surface area (Å²) >= 11 is 0. The number of hydrogen-bond donors (Lipinski definition) is 1. The molecule has 2 aliphatic heterocycles. The zero-order valence-corrected chi connectivity index (χ0v) is 13.3. The van der Waals surface area contributed by atoms with Crippen molar-refractivity contribution in [3.05, 3.63) is 0 Å².